The van der Waals surface area contributed by atoms with Gasteiger partial charge in [0.25, 0.3) is 10.1 Å². The topological polar surface area (TPSA) is 101 Å². The molecule has 0 aromatic heterocycles. The Kier molecular flexibility index (Phi) is 4.22. The van der Waals surface area contributed by atoms with Crippen LogP contribution in [-0.2, 0) is 14.9 Å². The van der Waals surface area contributed by atoms with Crippen LogP contribution in [0.1, 0.15) is 11.5 Å². The fraction of sp³-hybridized carbons (Fsp3) is 0.300. The van der Waals surface area contributed by atoms with Crippen molar-refractivity contribution >= 4 is 16.4 Å². The number of hydrogen-bond acceptors (Lipinski definition) is 5. The molecule has 0 aliphatic carbocycles. The van der Waals surface area contributed by atoms with Gasteiger partial charge in [-0.2, -0.15) is 8.42 Å². The number of benzene rings is 1. The van der Waals surface area contributed by atoms with Crippen LogP contribution in [0.5, 0.6) is 5.75 Å². The number of hydrogen-bond donors (Lipinski definition) is 2. The third-order valence-corrected chi connectivity index (χ3v) is 3.16. The van der Waals surface area contributed by atoms with Crippen LogP contribution in [0.2, 0.25) is 0 Å². The van der Waals surface area contributed by atoms with Gasteiger partial charge in [-0.15, -0.1) is 0 Å². The summed E-state index contributed by atoms with van der Waals surface area (Å²) in [4.78, 5) is 10.8. The zero-order valence-electron chi connectivity index (χ0n) is 8.98. The lowest BCUT2D eigenvalue weighted by atomic mass is 10.0. The van der Waals surface area contributed by atoms with Crippen LogP contribution in [0, 0.1) is 0 Å². The molecule has 7 heteroatoms. The minimum atomic E-state index is -4.68. The van der Waals surface area contributed by atoms with Gasteiger partial charge in [0.1, 0.15) is 12.0 Å². The second-order valence-corrected chi connectivity index (χ2v) is 4.85. The van der Waals surface area contributed by atoms with E-state index in [2.05, 4.69) is 0 Å². The molecule has 6 nitrogen and oxygen atoms in total. The van der Waals surface area contributed by atoms with Crippen LogP contribution in [0.15, 0.2) is 24.3 Å². The maximum atomic E-state index is 10.8. The monoisotopic (exact) mass is 260 g/mol. The van der Waals surface area contributed by atoms with Crippen LogP contribution < -0.4 is 4.74 Å². The first-order valence-electron chi connectivity index (χ1n) is 4.63. The maximum Gasteiger partial charge on any atom is 0.293 e. The third kappa shape index (κ3) is 3.26. The van der Waals surface area contributed by atoms with E-state index in [1.54, 1.807) is 0 Å². The molecule has 1 aromatic carbocycles. The molecule has 2 unspecified atom stereocenters. The summed E-state index contributed by atoms with van der Waals surface area (Å²) in [6.07, 6.45) is 0.264. The van der Waals surface area contributed by atoms with Crippen LogP contribution in [-0.4, -0.2) is 36.9 Å². The molecule has 1 rings (SSSR count). The largest absolute Gasteiger partial charge is 0.497 e. The highest BCUT2D eigenvalue weighted by molar-refractivity contribution is 7.86. The molecule has 17 heavy (non-hydrogen) atoms. The number of ether oxygens (including phenoxy) is 1. The lowest BCUT2D eigenvalue weighted by molar-refractivity contribution is -0.110. The zero-order valence-corrected chi connectivity index (χ0v) is 9.79. The van der Waals surface area contributed by atoms with Gasteiger partial charge >= 0.3 is 0 Å². The van der Waals surface area contributed by atoms with Gasteiger partial charge in [-0.1, -0.05) is 12.1 Å². The quantitative estimate of drug-likeness (QED) is 0.578. The molecule has 2 atom stereocenters. The second-order valence-electron chi connectivity index (χ2n) is 3.34. The van der Waals surface area contributed by atoms with Gasteiger partial charge in [-0.25, -0.2) is 0 Å². The first kappa shape index (κ1) is 13.6. The lowest BCUT2D eigenvalue weighted by Crippen LogP contribution is -2.28. The zero-order chi connectivity index (χ0) is 13.1. The lowest BCUT2D eigenvalue weighted by Gasteiger charge is -2.15. The molecule has 0 saturated heterocycles. The summed E-state index contributed by atoms with van der Waals surface area (Å²) in [7, 11) is -3.23. The molecule has 94 valence electrons. The number of carbonyl (C=O) groups is 1. The predicted octanol–water partition coefficient (Wildman–Crippen LogP) is 0.184. The SMILES string of the molecule is COc1ccc(C(C=O)C(O)S(=O)(=O)O)cc1. The van der Waals surface area contributed by atoms with E-state index in [1.807, 2.05) is 0 Å². The van der Waals surface area contributed by atoms with Gasteiger partial charge in [0.2, 0.25) is 0 Å². The molecule has 0 spiro atoms. The summed E-state index contributed by atoms with van der Waals surface area (Å²) in [6, 6.07) is 5.91. The molecule has 0 amide bonds. The van der Waals surface area contributed by atoms with E-state index in [4.69, 9.17) is 9.29 Å². The van der Waals surface area contributed by atoms with Crippen molar-refractivity contribution in [2.24, 2.45) is 0 Å². The van der Waals surface area contributed by atoms with Crippen molar-refractivity contribution < 1.29 is 27.6 Å². The standard InChI is InChI=1S/C10H12O6S/c1-16-8-4-2-7(3-5-8)9(6-11)10(12)17(13,14)15/h2-6,9-10,12H,1H3,(H,13,14,15). The van der Waals surface area contributed by atoms with E-state index in [-0.39, 0.29) is 11.8 Å². The predicted molar refractivity (Wildman–Crippen MR) is 59.4 cm³/mol. The number of rotatable bonds is 5. The number of aldehydes is 1. The maximum absolute atomic E-state index is 10.8. The summed E-state index contributed by atoms with van der Waals surface area (Å²) in [5.41, 5.74) is -1.90. The minimum absolute atomic E-state index is 0.264. The van der Waals surface area contributed by atoms with E-state index in [0.29, 0.717) is 5.75 Å². The summed E-state index contributed by atoms with van der Waals surface area (Å²) in [5.74, 6) is -0.810. The summed E-state index contributed by atoms with van der Waals surface area (Å²) < 4.78 is 35.1. The highest BCUT2D eigenvalue weighted by Gasteiger charge is 2.31. The fourth-order valence-electron chi connectivity index (χ4n) is 1.32. The van der Waals surface area contributed by atoms with Crippen molar-refractivity contribution in [2.75, 3.05) is 7.11 Å². The van der Waals surface area contributed by atoms with Crippen molar-refractivity contribution in [1.82, 2.24) is 0 Å². The molecular weight excluding hydrogens is 248 g/mol. The van der Waals surface area contributed by atoms with Crippen LogP contribution in [0.4, 0.5) is 0 Å². The van der Waals surface area contributed by atoms with Gasteiger partial charge in [-0.3, -0.25) is 4.55 Å². The van der Waals surface area contributed by atoms with Crippen LogP contribution in [0.25, 0.3) is 0 Å². The first-order valence-corrected chi connectivity index (χ1v) is 6.14. The van der Waals surface area contributed by atoms with Crippen molar-refractivity contribution in [2.45, 2.75) is 11.4 Å². The number of aliphatic hydroxyl groups excluding tert-OH is 1. The van der Waals surface area contributed by atoms with E-state index in [1.165, 1.54) is 31.4 Å². The number of methoxy groups -OCH3 is 1. The molecule has 0 heterocycles. The molecule has 0 bridgehead atoms. The van der Waals surface area contributed by atoms with E-state index in [0.717, 1.165) is 0 Å². The highest BCUT2D eigenvalue weighted by atomic mass is 32.2. The summed E-state index contributed by atoms with van der Waals surface area (Å²) in [6.45, 7) is 0. The Bertz CT molecular complexity index is 478. The van der Waals surface area contributed by atoms with Gasteiger partial charge < -0.3 is 14.6 Å². The molecule has 0 aliphatic rings. The van der Waals surface area contributed by atoms with Gasteiger partial charge in [0.15, 0.2) is 5.44 Å². The minimum Gasteiger partial charge on any atom is -0.497 e. The average Bonchev–Trinajstić information content (AvgIpc) is 2.29. The molecule has 0 fully saturated rings. The van der Waals surface area contributed by atoms with Gasteiger partial charge in [-0.05, 0) is 17.7 Å². The van der Waals surface area contributed by atoms with Crippen molar-refractivity contribution in [3.05, 3.63) is 29.8 Å². The number of aliphatic hydroxyl groups is 1. The molecular formula is C10H12O6S. The molecule has 0 saturated carbocycles. The smallest absolute Gasteiger partial charge is 0.293 e. The fourth-order valence-corrected chi connectivity index (χ4v) is 1.91. The van der Waals surface area contributed by atoms with Crippen molar-refractivity contribution in [3.8, 4) is 5.75 Å². The molecule has 2 N–H and O–H groups in total. The van der Waals surface area contributed by atoms with Crippen molar-refractivity contribution in [1.29, 1.82) is 0 Å². The molecule has 0 radical (unpaired) electrons. The first-order chi connectivity index (χ1) is 7.90. The van der Waals surface area contributed by atoms with E-state index in [9.17, 15) is 18.3 Å². The normalized spacial score (nSPS) is 15.0. The Morgan fingerprint density at radius 3 is 2.18 bits per heavy atom. The molecule has 0 aliphatic heterocycles. The second kappa shape index (κ2) is 5.26. The van der Waals surface area contributed by atoms with Crippen molar-refractivity contribution in [3.63, 3.8) is 0 Å². The van der Waals surface area contributed by atoms with Crippen LogP contribution in [0.3, 0.4) is 0 Å². The van der Waals surface area contributed by atoms with E-state index >= 15 is 0 Å². The Labute approximate surface area is 98.6 Å². The average molecular weight is 260 g/mol. The highest BCUT2D eigenvalue weighted by Crippen LogP contribution is 2.23. The Morgan fingerprint density at radius 1 is 1.29 bits per heavy atom. The Morgan fingerprint density at radius 2 is 1.82 bits per heavy atom. The Balaban J connectivity index is 3.05. The Hall–Kier alpha value is -1.44. The van der Waals surface area contributed by atoms with E-state index < -0.39 is 21.5 Å². The third-order valence-electron chi connectivity index (χ3n) is 2.26. The summed E-state index contributed by atoms with van der Waals surface area (Å²) >= 11 is 0. The van der Waals surface area contributed by atoms with Gasteiger partial charge in [0, 0.05) is 0 Å². The van der Waals surface area contributed by atoms with Crippen LogP contribution >= 0.6 is 0 Å². The van der Waals surface area contributed by atoms with Gasteiger partial charge in [0.05, 0.1) is 13.0 Å². The summed E-state index contributed by atoms with van der Waals surface area (Å²) in [5, 5.41) is 9.32. The number of carbonyl (C=O) groups excluding carboxylic acids is 1. The molecule has 1 aromatic rings.